The molecule has 0 radical (unpaired) electrons. The van der Waals surface area contributed by atoms with Crippen molar-refractivity contribution in [1.82, 2.24) is 0 Å². The van der Waals surface area contributed by atoms with Crippen molar-refractivity contribution in [3.05, 3.63) is 74.8 Å². The maximum atomic E-state index is 10.8. The Hall–Kier alpha value is -2.71. The highest BCUT2D eigenvalue weighted by molar-refractivity contribution is 6.30. The number of nitro groups is 1. The molecule has 0 heterocycles. The smallest absolute Gasteiger partial charge is 0.270 e. The zero-order chi connectivity index (χ0) is 15.9. The molecule has 2 aromatic rings. The lowest BCUT2D eigenvalue weighted by Crippen LogP contribution is -2.02. The molecule has 0 aliphatic rings. The predicted octanol–water partition coefficient (Wildman–Crippen LogP) is 4.15. The fourth-order valence-electron chi connectivity index (χ4n) is 1.90. The zero-order valence-corrected chi connectivity index (χ0v) is 12.3. The minimum atomic E-state index is -0.466. The first-order valence-electron chi connectivity index (χ1n) is 6.49. The Labute approximate surface area is 132 Å². The van der Waals surface area contributed by atoms with Crippen LogP contribution in [0, 0.1) is 21.4 Å². The van der Waals surface area contributed by atoms with Crippen LogP contribution in [-0.2, 0) is 6.54 Å². The van der Waals surface area contributed by atoms with E-state index in [0.717, 1.165) is 5.56 Å². The highest BCUT2D eigenvalue weighted by Gasteiger charge is 2.10. The van der Waals surface area contributed by atoms with Gasteiger partial charge >= 0.3 is 0 Å². The third-order valence-electron chi connectivity index (χ3n) is 3.00. The van der Waals surface area contributed by atoms with Gasteiger partial charge in [-0.2, -0.15) is 5.26 Å². The molecule has 0 unspecified atom stereocenters. The van der Waals surface area contributed by atoms with Crippen molar-refractivity contribution in [2.24, 2.45) is 4.99 Å². The van der Waals surface area contributed by atoms with E-state index in [1.807, 2.05) is 18.2 Å². The fourth-order valence-corrected chi connectivity index (χ4v) is 2.03. The van der Waals surface area contributed by atoms with Crippen LogP contribution in [0.5, 0.6) is 0 Å². The second-order valence-corrected chi connectivity index (χ2v) is 4.97. The van der Waals surface area contributed by atoms with Crippen LogP contribution in [0.25, 0.3) is 0 Å². The van der Waals surface area contributed by atoms with Gasteiger partial charge in [0.25, 0.3) is 5.69 Å². The molecule has 0 saturated carbocycles. The van der Waals surface area contributed by atoms with Crippen molar-refractivity contribution in [2.45, 2.75) is 13.0 Å². The Balaban J connectivity index is 2.27. The van der Waals surface area contributed by atoms with Crippen LogP contribution in [0.1, 0.15) is 17.5 Å². The summed E-state index contributed by atoms with van der Waals surface area (Å²) in [7, 11) is 0. The summed E-state index contributed by atoms with van der Waals surface area (Å²) in [6.45, 7) is 0.386. The second kappa shape index (κ2) is 7.34. The monoisotopic (exact) mass is 313 g/mol. The highest BCUT2D eigenvalue weighted by atomic mass is 35.5. The van der Waals surface area contributed by atoms with E-state index < -0.39 is 4.92 Å². The number of benzene rings is 2. The summed E-state index contributed by atoms with van der Waals surface area (Å²) < 4.78 is 0. The van der Waals surface area contributed by atoms with Crippen LogP contribution in [-0.4, -0.2) is 10.6 Å². The van der Waals surface area contributed by atoms with E-state index in [-0.39, 0.29) is 12.1 Å². The van der Waals surface area contributed by atoms with Gasteiger partial charge in [0, 0.05) is 22.7 Å². The van der Waals surface area contributed by atoms with Gasteiger partial charge < -0.3 is 0 Å². The standard InChI is InChI=1S/C16H12ClN3O2/c17-14-6-4-12(5-7-14)11-19-16(8-9-18)13-2-1-3-15(10-13)20(21)22/h1-7,10H,8,11H2. The van der Waals surface area contributed by atoms with Gasteiger partial charge in [0.2, 0.25) is 0 Å². The molecule has 0 spiro atoms. The lowest BCUT2D eigenvalue weighted by atomic mass is 10.1. The number of aliphatic imine (C=N–C) groups is 1. The van der Waals surface area contributed by atoms with E-state index in [4.69, 9.17) is 16.9 Å². The molecule has 0 aliphatic carbocycles. The molecule has 0 amide bonds. The summed E-state index contributed by atoms with van der Waals surface area (Å²) in [6.07, 6.45) is 0.0920. The number of halogens is 1. The summed E-state index contributed by atoms with van der Waals surface area (Å²) in [5, 5.41) is 20.4. The van der Waals surface area contributed by atoms with Crippen molar-refractivity contribution in [3.63, 3.8) is 0 Å². The van der Waals surface area contributed by atoms with Crippen molar-refractivity contribution < 1.29 is 4.92 Å². The van der Waals surface area contributed by atoms with E-state index in [1.165, 1.54) is 12.1 Å². The summed E-state index contributed by atoms with van der Waals surface area (Å²) in [5.41, 5.74) is 2.05. The molecule has 2 aromatic carbocycles. The molecule has 6 heteroatoms. The van der Waals surface area contributed by atoms with E-state index in [2.05, 4.69) is 4.99 Å². The first kappa shape index (κ1) is 15.7. The normalized spacial score (nSPS) is 11.0. The van der Waals surface area contributed by atoms with Crippen molar-refractivity contribution in [3.8, 4) is 6.07 Å². The van der Waals surface area contributed by atoms with Gasteiger partial charge in [-0.05, 0) is 17.7 Å². The first-order chi connectivity index (χ1) is 10.6. The molecular weight excluding hydrogens is 302 g/mol. The first-order valence-corrected chi connectivity index (χ1v) is 6.87. The Bertz CT molecular complexity index is 749. The van der Waals surface area contributed by atoms with Gasteiger partial charge in [0.1, 0.15) is 0 Å². The number of nitriles is 1. The number of nitrogens with zero attached hydrogens (tertiary/aromatic N) is 3. The summed E-state index contributed by atoms with van der Waals surface area (Å²) in [5.74, 6) is 0. The molecule has 2 rings (SSSR count). The minimum absolute atomic E-state index is 0.0189. The van der Waals surface area contributed by atoms with E-state index in [0.29, 0.717) is 22.8 Å². The predicted molar refractivity (Wildman–Crippen MR) is 85.0 cm³/mol. The number of non-ortho nitro benzene ring substituents is 1. The average molecular weight is 314 g/mol. The Morgan fingerprint density at radius 2 is 2.00 bits per heavy atom. The Morgan fingerprint density at radius 3 is 2.64 bits per heavy atom. The molecule has 0 saturated heterocycles. The molecule has 0 bridgehead atoms. The lowest BCUT2D eigenvalue weighted by Gasteiger charge is -2.04. The topological polar surface area (TPSA) is 79.3 Å². The van der Waals surface area contributed by atoms with Crippen molar-refractivity contribution in [2.75, 3.05) is 0 Å². The number of hydrogen-bond acceptors (Lipinski definition) is 4. The fraction of sp³-hybridized carbons (Fsp3) is 0.125. The summed E-state index contributed by atoms with van der Waals surface area (Å²) in [6, 6.07) is 15.4. The van der Waals surface area contributed by atoms with Crippen LogP contribution in [0.15, 0.2) is 53.5 Å². The highest BCUT2D eigenvalue weighted by Crippen LogP contribution is 2.16. The quantitative estimate of drug-likeness (QED) is 0.472. The Morgan fingerprint density at radius 1 is 1.27 bits per heavy atom. The van der Waals surface area contributed by atoms with Gasteiger partial charge in [-0.25, -0.2) is 0 Å². The average Bonchev–Trinajstić information content (AvgIpc) is 2.53. The molecule has 0 aromatic heterocycles. The van der Waals surface area contributed by atoms with Crippen LogP contribution < -0.4 is 0 Å². The summed E-state index contributed by atoms with van der Waals surface area (Å²) in [4.78, 5) is 14.8. The largest absolute Gasteiger partial charge is 0.283 e. The van der Waals surface area contributed by atoms with Crippen LogP contribution in [0.4, 0.5) is 5.69 Å². The van der Waals surface area contributed by atoms with Gasteiger partial charge in [-0.3, -0.25) is 15.1 Å². The number of hydrogen-bond donors (Lipinski definition) is 0. The third kappa shape index (κ3) is 4.14. The molecular formula is C16H12ClN3O2. The van der Waals surface area contributed by atoms with Crippen LogP contribution in [0.2, 0.25) is 5.02 Å². The van der Waals surface area contributed by atoms with Crippen LogP contribution >= 0.6 is 11.6 Å². The molecule has 110 valence electrons. The van der Waals surface area contributed by atoms with E-state index in [9.17, 15) is 10.1 Å². The second-order valence-electron chi connectivity index (χ2n) is 4.53. The van der Waals surface area contributed by atoms with Crippen molar-refractivity contribution in [1.29, 1.82) is 5.26 Å². The van der Waals surface area contributed by atoms with Gasteiger partial charge in [-0.1, -0.05) is 35.9 Å². The molecule has 0 aliphatic heterocycles. The molecule has 0 fully saturated rings. The molecule has 0 atom stereocenters. The minimum Gasteiger partial charge on any atom is -0.283 e. The van der Waals surface area contributed by atoms with Gasteiger partial charge in [0.15, 0.2) is 0 Å². The maximum Gasteiger partial charge on any atom is 0.270 e. The Kier molecular flexibility index (Phi) is 5.23. The summed E-state index contributed by atoms with van der Waals surface area (Å²) >= 11 is 5.82. The van der Waals surface area contributed by atoms with Crippen LogP contribution in [0.3, 0.4) is 0 Å². The molecule has 22 heavy (non-hydrogen) atoms. The number of rotatable bonds is 5. The third-order valence-corrected chi connectivity index (χ3v) is 3.25. The van der Waals surface area contributed by atoms with E-state index in [1.54, 1.807) is 24.3 Å². The SMILES string of the molecule is N#CCC(=NCc1ccc(Cl)cc1)c1cccc([N+](=O)[O-])c1. The van der Waals surface area contributed by atoms with E-state index >= 15 is 0 Å². The number of nitro benzene ring substituents is 1. The maximum absolute atomic E-state index is 10.8. The molecule has 5 nitrogen and oxygen atoms in total. The van der Waals surface area contributed by atoms with Gasteiger partial charge in [-0.15, -0.1) is 0 Å². The zero-order valence-electron chi connectivity index (χ0n) is 11.6. The molecule has 0 N–H and O–H groups in total. The lowest BCUT2D eigenvalue weighted by molar-refractivity contribution is -0.384. The van der Waals surface area contributed by atoms with Crippen molar-refractivity contribution >= 4 is 23.0 Å². The van der Waals surface area contributed by atoms with Gasteiger partial charge in [0.05, 0.1) is 29.7 Å².